The summed E-state index contributed by atoms with van der Waals surface area (Å²) in [5, 5.41) is 0. The lowest BCUT2D eigenvalue weighted by atomic mass is 9.72. The van der Waals surface area contributed by atoms with Crippen LogP contribution in [0.1, 0.15) is 28.8 Å². The van der Waals surface area contributed by atoms with E-state index < -0.39 is 0 Å². The molecule has 2 aliphatic rings. The lowest BCUT2D eigenvalue weighted by Gasteiger charge is -2.53. The van der Waals surface area contributed by atoms with E-state index in [4.69, 9.17) is 0 Å². The Labute approximate surface area is 177 Å². The zero-order valence-electron chi connectivity index (χ0n) is 15.8. The first-order valence-corrected chi connectivity index (χ1v) is 10.3. The molecule has 29 heavy (non-hydrogen) atoms. The van der Waals surface area contributed by atoms with Crippen molar-refractivity contribution < 1.29 is 14.0 Å². The second-order valence-electron chi connectivity index (χ2n) is 7.72. The highest BCUT2D eigenvalue weighted by atomic mass is 79.9. The Morgan fingerprint density at radius 3 is 2.17 bits per heavy atom. The molecule has 148 valence electrons. The summed E-state index contributed by atoms with van der Waals surface area (Å²) in [6.07, 6.45) is 1.79. The fraction of sp³-hybridized carbons (Fsp3) is 0.304. The molecule has 2 aliphatic heterocycles. The molecule has 2 fully saturated rings. The molecule has 2 aromatic rings. The van der Waals surface area contributed by atoms with E-state index >= 15 is 0 Å². The summed E-state index contributed by atoms with van der Waals surface area (Å²) in [5.74, 6) is 4.97. The van der Waals surface area contributed by atoms with Crippen LogP contribution >= 0.6 is 15.9 Å². The Bertz CT molecular complexity index is 976. The van der Waals surface area contributed by atoms with E-state index in [0.29, 0.717) is 37.3 Å². The number of benzene rings is 2. The van der Waals surface area contributed by atoms with Crippen LogP contribution in [0.5, 0.6) is 0 Å². The van der Waals surface area contributed by atoms with Crippen molar-refractivity contribution in [3.05, 3.63) is 69.9 Å². The van der Waals surface area contributed by atoms with Gasteiger partial charge in [0.25, 0.3) is 11.8 Å². The number of amides is 2. The third kappa shape index (κ3) is 4.35. The van der Waals surface area contributed by atoms with Crippen LogP contribution in [0.15, 0.2) is 53.0 Å². The molecule has 0 N–H and O–H groups in total. The largest absolute Gasteiger partial charge is 0.339 e. The number of hydrogen-bond acceptors (Lipinski definition) is 2. The van der Waals surface area contributed by atoms with Gasteiger partial charge in [-0.2, -0.15) is 0 Å². The van der Waals surface area contributed by atoms with Gasteiger partial charge in [0.2, 0.25) is 0 Å². The Hall–Kier alpha value is -2.65. The summed E-state index contributed by atoms with van der Waals surface area (Å²) in [7, 11) is 0. The maximum Gasteiger partial charge on any atom is 0.298 e. The first-order chi connectivity index (χ1) is 13.9. The van der Waals surface area contributed by atoms with Crippen molar-refractivity contribution in [1.82, 2.24) is 9.80 Å². The number of halogens is 2. The van der Waals surface area contributed by atoms with Crippen molar-refractivity contribution >= 4 is 27.7 Å². The Morgan fingerprint density at radius 2 is 1.55 bits per heavy atom. The molecule has 4 nitrogen and oxygen atoms in total. The van der Waals surface area contributed by atoms with Crippen LogP contribution in [0.4, 0.5) is 4.39 Å². The monoisotopic (exact) mass is 454 g/mol. The van der Waals surface area contributed by atoms with E-state index in [2.05, 4.69) is 27.8 Å². The van der Waals surface area contributed by atoms with Gasteiger partial charge < -0.3 is 9.80 Å². The lowest BCUT2D eigenvalue weighted by molar-refractivity contribution is -0.139. The van der Waals surface area contributed by atoms with Gasteiger partial charge in [0.15, 0.2) is 0 Å². The van der Waals surface area contributed by atoms with Crippen molar-refractivity contribution in [2.75, 3.05) is 26.2 Å². The molecular weight excluding hydrogens is 435 g/mol. The molecule has 1 spiro atoms. The third-order valence-corrected chi connectivity index (χ3v) is 6.23. The Kier molecular flexibility index (Phi) is 5.42. The van der Waals surface area contributed by atoms with E-state index in [0.717, 1.165) is 17.3 Å². The average Bonchev–Trinajstić information content (AvgIpc) is 2.71. The minimum Gasteiger partial charge on any atom is -0.339 e. The van der Waals surface area contributed by atoms with Gasteiger partial charge in [-0.05, 0) is 61.4 Å². The molecule has 2 aromatic carbocycles. The minimum atomic E-state index is -0.323. The lowest BCUT2D eigenvalue weighted by Crippen LogP contribution is -2.62. The Balaban J connectivity index is 1.29. The van der Waals surface area contributed by atoms with Gasteiger partial charge in [0, 0.05) is 53.1 Å². The number of nitrogens with zero attached hydrogens (tertiary/aromatic N) is 2. The smallest absolute Gasteiger partial charge is 0.298 e. The van der Waals surface area contributed by atoms with Gasteiger partial charge in [-0.25, -0.2) is 4.39 Å². The van der Waals surface area contributed by atoms with Gasteiger partial charge in [-0.3, -0.25) is 9.59 Å². The zero-order chi connectivity index (χ0) is 20.4. The SMILES string of the molecule is O=C(C#Cc1ccc(F)cc1)N1CC2(CCN(C(=O)c3ccc(Br)cc3)CC2)C1. The van der Waals surface area contributed by atoms with Crippen LogP contribution in [0.2, 0.25) is 0 Å². The molecule has 2 heterocycles. The molecule has 4 rings (SSSR count). The number of hydrogen-bond donors (Lipinski definition) is 0. The average molecular weight is 455 g/mol. The summed E-state index contributed by atoms with van der Waals surface area (Å²) in [6.45, 7) is 2.78. The standard InChI is InChI=1S/C23H20BrFN2O2/c24-19-6-4-18(5-7-19)22(29)26-13-11-23(12-14-26)15-27(16-23)21(28)10-3-17-1-8-20(25)9-2-17/h1-2,4-9H,11-16H2. The summed E-state index contributed by atoms with van der Waals surface area (Å²) in [4.78, 5) is 28.6. The van der Waals surface area contributed by atoms with E-state index in [1.165, 1.54) is 12.1 Å². The highest BCUT2D eigenvalue weighted by Crippen LogP contribution is 2.40. The molecule has 0 aromatic heterocycles. The number of rotatable bonds is 1. The number of likely N-dealkylation sites (tertiary alicyclic amines) is 2. The molecule has 2 saturated heterocycles. The van der Waals surface area contributed by atoms with Gasteiger partial charge in [0.05, 0.1) is 0 Å². The summed E-state index contributed by atoms with van der Waals surface area (Å²) >= 11 is 3.39. The van der Waals surface area contributed by atoms with E-state index in [9.17, 15) is 14.0 Å². The van der Waals surface area contributed by atoms with Gasteiger partial charge in [0.1, 0.15) is 5.82 Å². The summed E-state index contributed by atoms with van der Waals surface area (Å²) in [5.41, 5.74) is 1.42. The van der Waals surface area contributed by atoms with Gasteiger partial charge >= 0.3 is 0 Å². The van der Waals surface area contributed by atoms with Crippen LogP contribution < -0.4 is 0 Å². The molecule has 2 amide bonds. The zero-order valence-corrected chi connectivity index (χ0v) is 17.4. The van der Waals surface area contributed by atoms with Crippen molar-refractivity contribution in [3.8, 4) is 11.8 Å². The maximum absolute atomic E-state index is 12.9. The second-order valence-corrected chi connectivity index (χ2v) is 8.63. The maximum atomic E-state index is 12.9. The van der Waals surface area contributed by atoms with E-state index in [1.54, 1.807) is 17.0 Å². The summed E-state index contributed by atoms with van der Waals surface area (Å²) in [6, 6.07) is 13.2. The topological polar surface area (TPSA) is 40.6 Å². The van der Waals surface area contributed by atoms with Crippen LogP contribution in [0, 0.1) is 23.1 Å². The van der Waals surface area contributed by atoms with Crippen molar-refractivity contribution in [2.45, 2.75) is 12.8 Å². The molecule has 0 radical (unpaired) electrons. The highest BCUT2D eigenvalue weighted by Gasteiger charge is 2.46. The van der Waals surface area contributed by atoms with E-state index in [-0.39, 0.29) is 23.0 Å². The van der Waals surface area contributed by atoms with Crippen LogP contribution in [0.3, 0.4) is 0 Å². The number of piperidine rings is 1. The third-order valence-electron chi connectivity index (χ3n) is 5.70. The molecule has 0 aliphatic carbocycles. The molecule has 6 heteroatoms. The van der Waals surface area contributed by atoms with Gasteiger partial charge in [-0.15, -0.1) is 0 Å². The molecule has 0 unspecified atom stereocenters. The minimum absolute atomic E-state index is 0.0600. The number of carbonyl (C=O) groups excluding carboxylic acids is 2. The van der Waals surface area contributed by atoms with Crippen molar-refractivity contribution in [2.24, 2.45) is 5.41 Å². The van der Waals surface area contributed by atoms with E-state index in [1.807, 2.05) is 29.2 Å². The molecule has 0 saturated carbocycles. The highest BCUT2D eigenvalue weighted by molar-refractivity contribution is 9.10. The van der Waals surface area contributed by atoms with Gasteiger partial charge in [-0.1, -0.05) is 21.9 Å². The predicted molar refractivity (Wildman–Crippen MR) is 112 cm³/mol. The van der Waals surface area contributed by atoms with Crippen LogP contribution in [-0.4, -0.2) is 47.8 Å². The first-order valence-electron chi connectivity index (χ1n) is 9.56. The summed E-state index contributed by atoms with van der Waals surface area (Å²) < 4.78 is 13.9. The van der Waals surface area contributed by atoms with Crippen molar-refractivity contribution in [3.63, 3.8) is 0 Å². The molecule has 0 bridgehead atoms. The Morgan fingerprint density at radius 1 is 0.931 bits per heavy atom. The quantitative estimate of drug-likeness (QED) is 0.616. The predicted octanol–water partition coefficient (Wildman–Crippen LogP) is 3.70. The normalized spacial score (nSPS) is 17.3. The van der Waals surface area contributed by atoms with Crippen molar-refractivity contribution in [1.29, 1.82) is 0 Å². The van der Waals surface area contributed by atoms with Crippen LogP contribution in [-0.2, 0) is 4.79 Å². The van der Waals surface area contributed by atoms with Crippen LogP contribution in [0.25, 0.3) is 0 Å². The second kappa shape index (κ2) is 8.00. The first kappa shape index (κ1) is 19.7. The number of carbonyl (C=O) groups is 2. The fourth-order valence-corrected chi connectivity index (χ4v) is 4.18. The molecular formula is C23H20BrFN2O2. The molecule has 0 atom stereocenters. The fourth-order valence-electron chi connectivity index (χ4n) is 3.92.